The van der Waals surface area contributed by atoms with E-state index in [-0.39, 0.29) is 0 Å². The van der Waals surface area contributed by atoms with Crippen molar-refractivity contribution in [2.75, 3.05) is 4.90 Å². The first kappa shape index (κ1) is 23.1. The third-order valence-electron chi connectivity index (χ3n) is 5.51. The Labute approximate surface area is 210 Å². The molecule has 0 aromatic heterocycles. The molecule has 0 aliphatic carbocycles. The molecule has 0 atom stereocenters. The second-order valence-electron chi connectivity index (χ2n) is 7.73. The zero-order valence-electron chi connectivity index (χ0n) is 17.3. The van der Waals surface area contributed by atoms with Crippen molar-refractivity contribution in [1.29, 1.82) is 0 Å². The standard InChI is InChI=1S/C26H15Br2F4NO/c27-18-5-9-20(10-6-18)33(21-11-7-19(28)8-12-21)22-3-1-2-16(14-22)17-4-13-23-24(15-17)26(31,32)34-25(23,29)30/h1-15H. The van der Waals surface area contributed by atoms with Crippen molar-refractivity contribution in [3.05, 3.63) is 111 Å². The van der Waals surface area contributed by atoms with Crippen molar-refractivity contribution < 1.29 is 22.3 Å². The van der Waals surface area contributed by atoms with E-state index in [9.17, 15) is 17.6 Å². The Kier molecular flexibility index (Phi) is 5.78. The molecule has 0 radical (unpaired) electrons. The van der Waals surface area contributed by atoms with Gasteiger partial charge in [-0.05, 0) is 83.9 Å². The molecule has 2 nitrogen and oxygen atoms in total. The molecule has 4 aromatic rings. The lowest BCUT2D eigenvalue weighted by atomic mass is 9.98. The quantitative estimate of drug-likeness (QED) is 0.219. The average Bonchev–Trinajstić information content (AvgIpc) is 3.00. The third kappa shape index (κ3) is 4.26. The van der Waals surface area contributed by atoms with E-state index in [4.69, 9.17) is 0 Å². The molecule has 0 amide bonds. The van der Waals surface area contributed by atoms with Crippen molar-refractivity contribution in [1.82, 2.24) is 0 Å². The molecule has 0 fully saturated rings. The molecule has 34 heavy (non-hydrogen) atoms. The average molecular weight is 593 g/mol. The zero-order chi connectivity index (χ0) is 24.1. The summed E-state index contributed by atoms with van der Waals surface area (Å²) in [5.74, 6) is 0. The number of ether oxygens (including phenoxy) is 1. The van der Waals surface area contributed by atoms with Crippen LogP contribution in [0.15, 0.2) is 99.9 Å². The number of hydrogen-bond acceptors (Lipinski definition) is 2. The number of nitrogens with zero attached hydrogens (tertiary/aromatic N) is 1. The summed E-state index contributed by atoms with van der Waals surface area (Å²) in [6.45, 7) is 0. The molecular weight excluding hydrogens is 578 g/mol. The Hall–Kier alpha value is -2.68. The smallest absolute Gasteiger partial charge is 0.310 e. The van der Waals surface area contributed by atoms with Crippen LogP contribution in [0.4, 0.5) is 34.6 Å². The molecular formula is C26H15Br2F4NO. The molecule has 8 heteroatoms. The number of hydrogen-bond donors (Lipinski definition) is 0. The second-order valence-corrected chi connectivity index (χ2v) is 9.57. The van der Waals surface area contributed by atoms with E-state index in [1.165, 1.54) is 6.07 Å². The first-order chi connectivity index (χ1) is 16.1. The summed E-state index contributed by atoms with van der Waals surface area (Å²) in [6, 6.07) is 26.3. The summed E-state index contributed by atoms with van der Waals surface area (Å²) in [6.07, 6.45) is -8.09. The van der Waals surface area contributed by atoms with E-state index in [1.54, 1.807) is 12.1 Å². The largest absolute Gasteiger partial charge is 0.388 e. The van der Waals surface area contributed by atoms with Crippen LogP contribution in [-0.4, -0.2) is 0 Å². The van der Waals surface area contributed by atoms with Gasteiger partial charge in [0.2, 0.25) is 0 Å². The second kappa shape index (κ2) is 8.52. The fraction of sp³-hybridized carbons (Fsp3) is 0.0769. The summed E-state index contributed by atoms with van der Waals surface area (Å²) in [4.78, 5) is 2.02. The van der Waals surface area contributed by atoms with Crippen LogP contribution in [0, 0.1) is 0 Å². The number of benzene rings is 4. The summed E-state index contributed by atoms with van der Waals surface area (Å²) in [5.41, 5.74) is 1.89. The molecule has 0 spiro atoms. The maximum atomic E-state index is 14.1. The molecule has 1 aliphatic rings. The normalized spacial score (nSPS) is 15.7. The molecule has 5 rings (SSSR count). The van der Waals surface area contributed by atoms with Gasteiger partial charge in [0.1, 0.15) is 0 Å². The van der Waals surface area contributed by atoms with Gasteiger partial charge in [-0.2, -0.15) is 17.6 Å². The highest BCUT2D eigenvalue weighted by Crippen LogP contribution is 2.51. The number of alkyl halides is 4. The van der Waals surface area contributed by atoms with Crippen molar-refractivity contribution in [2.24, 2.45) is 0 Å². The summed E-state index contributed by atoms with van der Waals surface area (Å²) >= 11 is 6.90. The predicted octanol–water partition coefficient (Wildman–Crippen LogP) is 9.48. The van der Waals surface area contributed by atoms with Crippen LogP contribution in [-0.2, 0) is 17.0 Å². The molecule has 4 aromatic carbocycles. The van der Waals surface area contributed by atoms with Gasteiger partial charge in [0.05, 0.1) is 11.1 Å². The van der Waals surface area contributed by atoms with Crippen molar-refractivity contribution in [3.63, 3.8) is 0 Å². The molecule has 0 unspecified atom stereocenters. The monoisotopic (exact) mass is 591 g/mol. The number of anilines is 3. The summed E-state index contributed by atoms with van der Waals surface area (Å²) < 4.78 is 61.5. The fourth-order valence-corrected chi connectivity index (χ4v) is 4.47. The van der Waals surface area contributed by atoms with Crippen molar-refractivity contribution in [3.8, 4) is 11.1 Å². The van der Waals surface area contributed by atoms with Gasteiger partial charge < -0.3 is 4.90 Å². The van der Waals surface area contributed by atoms with Crippen LogP contribution in [0.1, 0.15) is 11.1 Å². The van der Waals surface area contributed by atoms with Crippen molar-refractivity contribution in [2.45, 2.75) is 12.2 Å². The van der Waals surface area contributed by atoms with Crippen LogP contribution in [0.3, 0.4) is 0 Å². The van der Waals surface area contributed by atoms with Gasteiger partial charge in [-0.3, -0.25) is 0 Å². The molecule has 1 aliphatic heterocycles. The van der Waals surface area contributed by atoms with Crippen LogP contribution in [0.5, 0.6) is 0 Å². The fourth-order valence-electron chi connectivity index (χ4n) is 3.94. The first-order valence-electron chi connectivity index (χ1n) is 10.2. The van der Waals surface area contributed by atoms with E-state index in [1.807, 2.05) is 65.6 Å². The van der Waals surface area contributed by atoms with E-state index >= 15 is 0 Å². The molecule has 172 valence electrons. The van der Waals surface area contributed by atoms with Gasteiger partial charge in [-0.1, -0.05) is 50.1 Å². The Morgan fingerprint density at radius 2 is 1.09 bits per heavy atom. The van der Waals surface area contributed by atoms with Crippen LogP contribution >= 0.6 is 31.9 Å². The highest BCUT2D eigenvalue weighted by molar-refractivity contribution is 9.10. The minimum atomic E-state index is -4.06. The summed E-state index contributed by atoms with van der Waals surface area (Å²) in [7, 11) is 0. The third-order valence-corrected chi connectivity index (χ3v) is 6.57. The number of halogens is 6. The van der Waals surface area contributed by atoms with Crippen LogP contribution in [0.25, 0.3) is 11.1 Å². The van der Waals surface area contributed by atoms with Crippen LogP contribution in [0.2, 0.25) is 0 Å². The lowest BCUT2D eigenvalue weighted by Gasteiger charge is -2.26. The number of rotatable bonds is 4. The molecule has 1 heterocycles. The first-order valence-corrected chi connectivity index (χ1v) is 11.8. The van der Waals surface area contributed by atoms with E-state index in [2.05, 4.69) is 36.6 Å². The lowest BCUT2D eigenvalue weighted by molar-refractivity contribution is -0.369. The van der Waals surface area contributed by atoms with Gasteiger partial charge in [-0.25, -0.2) is 4.74 Å². The predicted molar refractivity (Wildman–Crippen MR) is 131 cm³/mol. The van der Waals surface area contributed by atoms with Gasteiger partial charge >= 0.3 is 12.2 Å². The number of fused-ring (bicyclic) bond motifs is 1. The van der Waals surface area contributed by atoms with Gasteiger partial charge in [0.15, 0.2) is 0 Å². The van der Waals surface area contributed by atoms with E-state index in [0.29, 0.717) is 11.1 Å². The van der Waals surface area contributed by atoms with E-state index in [0.717, 1.165) is 38.1 Å². The van der Waals surface area contributed by atoms with Crippen LogP contribution < -0.4 is 4.90 Å². The Morgan fingerprint density at radius 1 is 0.559 bits per heavy atom. The summed E-state index contributed by atoms with van der Waals surface area (Å²) in [5, 5.41) is 0. The lowest BCUT2D eigenvalue weighted by Crippen LogP contribution is -2.17. The SMILES string of the molecule is FC1(F)OC(F)(F)c2cc(-c3cccc(N(c4ccc(Br)cc4)c4ccc(Br)cc4)c3)ccc21. The van der Waals surface area contributed by atoms with Crippen molar-refractivity contribution >= 4 is 48.9 Å². The Morgan fingerprint density at radius 3 is 1.68 bits per heavy atom. The minimum Gasteiger partial charge on any atom is -0.310 e. The maximum Gasteiger partial charge on any atom is 0.388 e. The molecule has 0 N–H and O–H groups in total. The van der Waals surface area contributed by atoms with Gasteiger partial charge in [-0.15, -0.1) is 0 Å². The Bertz CT molecular complexity index is 1310. The van der Waals surface area contributed by atoms with Gasteiger partial charge in [0.25, 0.3) is 0 Å². The van der Waals surface area contributed by atoms with E-state index < -0.39 is 23.3 Å². The Balaban J connectivity index is 1.61. The zero-order valence-corrected chi connectivity index (χ0v) is 20.5. The molecule has 0 saturated carbocycles. The minimum absolute atomic E-state index is 0.383. The molecule has 0 bridgehead atoms. The molecule has 0 saturated heterocycles. The highest BCUT2D eigenvalue weighted by Gasteiger charge is 2.57. The highest BCUT2D eigenvalue weighted by atomic mass is 79.9. The topological polar surface area (TPSA) is 12.5 Å². The maximum absolute atomic E-state index is 14.1. The van der Waals surface area contributed by atoms with Gasteiger partial charge in [0, 0.05) is 26.0 Å².